The molecule has 1 aliphatic heterocycles. The van der Waals surface area contributed by atoms with Crippen molar-refractivity contribution in [3.8, 4) is 16.9 Å². The van der Waals surface area contributed by atoms with E-state index < -0.39 is 4.92 Å². The number of rotatable bonds is 4. The lowest BCUT2D eigenvalue weighted by atomic mass is 10.0. The molecule has 1 saturated heterocycles. The minimum absolute atomic E-state index is 0.0541. The monoisotopic (exact) mass is 359 g/mol. The largest absolute Gasteiger partial charge is 0.490 e. The van der Waals surface area contributed by atoms with Crippen LogP contribution in [-0.2, 0) is 11.8 Å². The van der Waals surface area contributed by atoms with Crippen LogP contribution in [0.25, 0.3) is 11.1 Å². The number of amides is 1. The van der Waals surface area contributed by atoms with Crippen molar-refractivity contribution in [2.24, 2.45) is 7.05 Å². The average molecular weight is 359 g/mol. The Kier molecular flexibility index (Phi) is 4.79. The smallest absolute Gasteiger partial charge is 0.311 e. The van der Waals surface area contributed by atoms with E-state index in [9.17, 15) is 14.9 Å². The molecule has 0 radical (unpaired) electrons. The van der Waals surface area contributed by atoms with Gasteiger partial charge in [0, 0.05) is 75.3 Å². The Morgan fingerprint density at radius 1 is 1.27 bits per heavy atom. The van der Waals surface area contributed by atoms with Crippen LogP contribution in [0.2, 0.25) is 0 Å². The van der Waals surface area contributed by atoms with Crippen molar-refractivity contribution >= 4 is 17.3 Å². The summed E-state index contributed by atoms with van der Waals surface area (Å²) in [6.07, 6.45) is 3.50. The van der Waals surface area contributed by atoms with E-state index in [1.807, 2.05) is 6.20 Å². The molecule has 0 bridgehead atoms. The highest BCUT2D eigenvalue weighted by molar-refractivity contribution is 5.83. The molecule has 0 unspecified atom stereocenters. The van der Waals surface area contributed by atoms with Gasteiger partial charge in [0.25, 0.3) is 0 Å². The second kappa shape index (κ2) is 7.03. The molecule has 1 aromatic carbocycles. The van der Waals surface area contributed by atoms with Gasteiger partial charge in [-0.05, 0) is 0 Å². The Labute approximate surface area is 150 Å². The third kappa shape index (κ3) is 3.32. The number of nitro groups is 1. The highest BCUT2D eigenvalue weighted by Crippen LogP contribution is 2.40. The highest BCUT2D eigenvalue weighted by Gasteiger charge is 2.26. The zero-order valence-electron chi connectivity index (χ0n) is 15.0. The molecule has 0 N–H and O–H groups in total. The number of aryl methyl sites for hydroxylation is 1. The summed E-state index contributed by atoms with van der Waals surface area (Å²) in [4.78, 5) is 26.4. The number of benzene rings is 1. The van der Waals surface area contributed by atoms with Crippen molar-refractivity contribution in [2.75, 3.05) is 38.2 Å². The zero-order valence-corrected chi connectivity index (χ0v) is 15.0. The van der Waals surface area contributed by atoms with Crippen molar-refractivity contribution in [3.05, 3.63) is 34.6 Å². The normalized spacial score (nSPS) is 14.4. The molecular weight excluding hydrogens is 338 g/mol. The maximum atomic E-state index is 11.6. The topological polar surface area (TPSA) is 93.7 Å². The van der Waals surface area contributed by atoms with E-state index in [0.29, 0.717) is 26.2 Å². The molecule has 9 nitrogen and oxygen atoms in total. The molecule has 1 amide bonds. The van der Waals surface area contributed by atoms with Crippen molar-refractivity contribution in [2.45, 2.75) is 6.92 Å². The van der Waals surface area contributed by atoms with Crippen LogP contribution in [0.5, 0.6) is 5.75 Å². The second-order valence-corrected chi connectivity index (χ2v) is 6.19. The van der Waals surface area contributed by atoms with Crippen molar-refractivity contribution in [1.29, 1.82) is 0 Å². The minimum Gasteiger partial charge on any atom is -0.490 e. The van der Waals surface area contributed by atoms with E-state index in [1.54, 1.807) is 35.8 Å². The number of nitrogens with zero attached hydrogens (tertiary/aromatic N) is 5. The summed E-state index contributed by atoms with van der Waals surface area (Å²) in [5, 5.41) is 15.6. The molecule has 9 heteroatoms. The van der Waals surface area contributed by atoms with Crippen LogP contribution < -0.4 is 9.64 Å². The fourth-order valence-electron chi connectivity index (χ4n) is 3.18. The molecule has 1 aliphatic rings. The predicted molar refractivity (Wildman–Crippen MR) is 96.3 cm³/mol. The number of hydrogen-bond donors (Lipinski definition) is 0. The van der Waals surface area contributed by atoms with E-state index in [1.165, 1.54) is 13.2 Å². The Balaban J connectivity index is 2.05. The van der Waals surface area contributed by atoms with Gasteiger partial charge in [0.05, 0.1) is 18.2 Å². The number of piperazine rings is 1. The van der Waals surface area contributed by atoms with Gasteiger partial charge < -0.3 is 14.5 Å². The van der Waals surface area contributed by atoms with E-state index in [4.69, 9.17) is 4.74 Å². The van der Waals surface area contributed by atoms with E-state index in [0.717, 1.165) is 16.8 Å². The number of hydrogen-bond acceptors (Lipinski definition) is 6. The Hall–Kier alpha value is -3.10. The standard InChI is InChI=1S/C17H21N5O4/c1-12(23)20-4-6-21(7-5-20)15-9-17(26-3)16(22(24)25)8-14(15)13-10-18-19(2)11-13/h8-11H,4-7H2,1-3H3. The Morgan fingerprint density at radius 3 is 2.46 bits per heavy atom. The van der Waals surface area contributed by atoms with Gasteiger partial charge in [0.2, 0.25) is 5.91 Å². The first-order chi connectivity index (χ1) is 12.4. The summed E-state index contributed by atoms with van der Waals surface area (Å²) in [7, 11) is 3.22. The average Bonchev–Trinajstić information content (AvgIpc) is 3.06. The third-order valence-electron chi connectivity index (χ3n) is 4.58. The number of aromatic nitrogens is 2. The van der Waals surface area contributed by atoms with E-state index >= 15 is 0 Å². The zero-order chi connectivity index (χ0) is 18.8. The molecule has 0 atom stereocenters. The van der Waals surface area contributed by atoms with Gasteiger partial charge in [0.1, 0.15) is 0 Å². The summed E-state index contributed by atoms with van der Waals surface area (Å²) in [5.74, 6) is 0.269. The van der Waals surface area contributed by atoms with Gasteiger partial charge in [0.15, 0.2) is 5.75 Å². The van der Waals surface area contributed by atoms with E-state index in [-0.39, 0.29) is 17.3 Å². The first kappa shape index (κ1) is 17.7. The maximum absolute atomic E-state index is 11.6. The lowest BCUT2D eigenvalue weighted by Gasteiger charge is -2.36. The number of carbonyl (C=O) groups is 1. The molecule has 0 saturated carbocycles. The fourth-order valence-corrected chi connectivity index (χ4v) is 3.18. The number of anilines is 1. The number of carbonyl (C=O) groups excluding carboxylic acids is 1. The van der Waals surface area contributed by atoms with Gasteiger partial charge in [-0.2, -0.15) is 5.10 Å². The summed E-state index contributed by atoms with van der Waals surface area (Å²) >= 11 is 0. The number of nitro benzene ring substituents is 1. The molecule has 0 aliphatic carbocycles. The van der Waals surface area contributed by atoms with Gasteiger partial charge in [-0.25, -0.2) is 0 Å². The Bertz CT molecular complexity index is 840. The predicted octanol–water partition coefficient (Wildman–Crippen LogP) is 1.67. The van der Waals surface area contributed by atoms with Crippen LogP contribution in [0.15, 0.2) is 24.5 Å². The molecule has 3 rings (SSSR count). The molecule has 2 heterocycles. The Morgan fingerprint density at radius 2 is 1.96 bits per heavy atom. The van der Waals surface area contributed by atoms with Crippen molar-refractivity contribution < 1.29 is 14.5 Å². The van der Waals surface area contributed by atoms with Crippen molar-refractivity contribution in [3.63, 3.8) is 0 Å². The fraction of sp³-hybridized carbons (Fsp3) is 0.412. The van der Waals surface area contributed by atoms with Crippen LogP contribution >= 0.6 is 0 Å². The molecule has 1 fully saturated rings. The summed E-state index contributed by atoms with van der Waals surface area (Å²) in [6, 6.07) is 3.23. The summed E-state index contributed by atoms with van der Waals surface area (Å²) in [5.41, 5.74) is 2.27. The summed E-state index contributed by atoms with van der Waals surface area (Å²) in [6.45, 7) is 4.08. The first-order valence-corrected chi connectivity index (χ1v) is 8.26. The number of ether oxygens (including phenoxy) is 1. The lowest BCUT2D eigenvalue weighted by Crippen LogP contribution is -2.48. The molecule has 138 valence electrons. The van der Waals surface area contributed by atoms with Gasteiger partial charge in [-0.1, -0.05) is 0 Å². The first-order valence-electron chi connectivity index (χ1n) is 8.26. The van der Waals surface area contributed by atoms with Gasteiger partial charge >= 0.3 is 5.69 Å². The van der Waals surface area contributed by atoms with Crippen LogP contribution in [-0.4, -0.2) is 58.8 Å². The highest BCUT2D eigenvalue weighted by atomic mass is 16.6. The van der Waals surface area contributed by atoms with Crippen LogP contribution in [0.4, 0.5) is 11.4 Å². The number of methoxy groups -OCH3 is 1. The molecule has 2 aromatic rings. The second-order valence-electron chi connectivity index (χ2n) is 6.19. The SMILES string of the molecule is COc1cc(N2CCN(C(C)=O)CC2)c(-c2cnn(C)c2)cc1[N+](=O)[O-]. The minimum atomic E-state index is -0.448. The molecule has 26 heavy (non-hydrogen) atoms. The molecule has 1 aromatic heterocycles. The quantitative estimate of drug-likeness (QED) is 0.609. The molecule has 0 spiro atoms. The van der Waals surface area contributed by atoms with Gasteiger partial charge in [-0.3, -0.25) is 19.6 Å². The van der Waals surface area contributed by atoms with Crippen LogP contribution in [0, 0.1) is 10.1 Å². The van der Waals surface area contributed by atoms with Crippen LogP contribution in [0.3, 0.4) is 0 Å². The third-order valence-corrected chi connectivity index (χ3v) is 4.58. The molecular formula is C17H21N5O4. The summed E-state index contributed by atoms with van der Waals surface area (Å²) < 4.78 is 6.90. The lowest BCUT2D eigenvalue weighted by molar-refractivity contribution is -0.385. The maximum Gasteiger partial charge on any atom is 0.311 e. The van der Waals surface area contributed by atoms with Crippen molar-refractivity contribution in [1.82, 2.24) is 14.7 Å². The van der Waals surface area contributed by atoms with Gasteiger partial charge in [-0.15, -0.1) is 0 Å². The van der Waals surface area contributed by atoms with Crippen LogP contribution in [0.1, 0.15) is 6.92 Å². The van der Waals surface area contributed by atoms with E-state index in [2.05, 4.69) is 10.00 Å².